The van der Waals surface area contributed by atoms with E-state index in [9.17, 15) is 0 Å². The fourth-order valence-corrected chi connectivity index (χ4v) is 1.57. The van der Waals surface area contributed by atoms with Crippen LogP contribution >= 0.6 is 0 Å². The Labute approximate surface area is 102 Å². The Morgan fingerprint density at radius 2 is 1.38 bits per heavy atom. The highest BCUT2D eigenvalue weighted by molar-refractivity contribution is 4.54. The minimum absolute atomic E-state index is 1.07. The van der Waals surface area contributed by atoms with Crippen molar-refractivity contribution < 1.29 is 0 Å². The van der Waals surface area contributed by atoms with E-state index in [2.05, 4.69) is 55.3 Å². The summed E-state index contributed by atoms with van der Waals surface area (Å²) in [4.78, 5) is 2.24. The number of nitrogens with one attached hydrogen (secondary N) is 1. The molecule has 0 spiro atoms. The van der Waals surface area contributed by atoms with Crippen LogP contribution in [0.1, 0.15) is 19.8 Å². The first-order valence-electron chi connectivity index (χ1n) is 6.35. The molecule has 0 aliphatic rings. The Morgan fingerprint density at radius 3 is 1.88 bits per heavy atom. The van der Waals surface area contributed by atoms with Crippen LogP contribution < -0.4 is 5.32 Å². The maximum Gasteiger partial charge on any atom is 0.0142 e. The van der Waals surface area contributed by atoms with Gasteiger partial charge in [-0.3, -0.25) is 0 Å². The highest BCUT2D eigenvalue weighted by atomic mass is 15.6. The van der Waals surface area contributed by atoms with Crippen LogP contribution in [0.2, 0.25) is 0 Å². The summed E-state index contributed by atoms with van der Waals surface area (Å²) >= 11 is 0. The van der Waals surface area contributed by atoms with Crippen LogP contribution in [0.25, 0.3) is 0 Å². The molecule has 0 fully saturated rings. The predicted octanol–water partition coefficient (Wildman–Crippen LogP) is 0.716. The first-order valence-corrected chi connectivity index (χ1v) is 6.35. The first kappa shape index (κ1) is 15.8. The van der Waals surface area contributed by atoms with Crippen molar-refractivity contribution >= 4 is 0 Å². The van der Waals surface area contributed by atoms with Gasteiger partial charge in [0.15, 0.2) is 0 Å². The van der Waals surface area contributed by atoms with E-state index in [0.717, 1.165) is 32.7 Å². The Morgan fingerprint density at radius 1 is 0.812 bits per heavy atom. The largest absolute Gasteiger partial charge is 0.317 e. The molecule has 0 atom stereocenters. The number of hydrogen-bond acceptors (Lipinski definition) is 4. The molecule has 4 nitrogen and oxygen atoms in total. The van der Waals surface area contributed by atoms with Gasteiger partial charge >= 0.3 is 0 Å². The molecule has 0 aromatic carbocycles. The third-order valence-corrected chi connectivity index (χ3v) is 2.76. The zero-order chi connectivity index (χ0) is 12.4. The van der Waals surface area contributed by atoms with Gasteiger partial charge < -0.3 is 10.2 Å². The first-order chi connectivity index (χ1) is 7.57. The smallest absolute Gasteiger partial charge is 0.0142 e. The van der Waals surface area contributed by atoms with Gasteiger partial charge in [-0.25, -0.2) is 10.0 Å². The van der Waals surface area contributed by atoms with Crippen molar-refractivity contribution in [2.24, 2.45) is 0 Å². The maximum absolute atomic E-state index is 3.35. The highest BCUT2D eigenvalue weighted by Gasteiger charge is 2.04. The minimum atomic E-state index is 1.07. The van der Waals surface area contributed by atoms with E-state index in [4.69, 9.17) is 0 Å². The molecule has 0 unspecified atom stereocenters. The molecule has 0 saturated carbocycles. The van der Waals surface area contributed by atoms with E-state index in [1.807, 2.05) is 0 Å². The van der Waals surface area contributed by atoms with Crippen LogP contribution in [-0.2, 0) is 0 Å². The second-order valence-electron chi connectivity index (χ2n) is 4.63. The summed E-state index contributed by atoms with van der Waals surface area (Å²) in [5.74, 6) is 0. The monoisotopic (exact) mass is 230 g/mol. The fraction of sp³-hybridized carbons (Fsp3) is 1.00. The van der Waals surface area contributed by atoms with E-state index in [-0.39, 0.29) is 0 Å². The second-order valence-corrected chi connectivity index (χ2v) is 4.63. The summed E-state index contributed by atoms with van der Waals surface area (Å²) in [5.41, 5.74) is 0. The molecule has 0 aliphatic carbocycles. The Bertz CT molecular complexity index is 150. The Balaban J connectivity index is 3.45. The van der Waals surface area contributed by atoms with Gasteiger partial charge in [0.1, 0.15) is 0 Å². The van der Waals surface area contributed by atoms with Crippen molar-refractivity contribution in [2.45, 2.75) is 19.8 Å². The van der Waals surface area contributed by atoms with Crippen LogP contribution in [0, 0.1) is 0 Å². The van der Waals surface area contributed by atoms with Gasteiger partial charge in [0.25, 0.3) is 0 Å². The van der Waals surface area contributed by atoms with Gasteiger partial charge in [-0.1, -0.05) is 6.92 Å². The van der Waals surface area contributed by atoms with Crippen molar-refractivity contribution in [2.75, 3.05) is 60.9 Å². The SMILES string of the molecule is CCNCCCN(C)N(C)CCCN(C)C. The standard InChI is InChI=1S/C12H30N4/c1-6-13-9-7-11-15(4)16(5)12-8-10-14(2)3/h13H,6-12H2,1-5H3. The van der Waals surface area contributed by atoms with Crippen LogP contribution in [-0.4, -0.2) is 75.8 Å². The number of hydrazine groups is 1. The van der Waals surface area contributed by atoms with E-state index in [1.54, 1.807) is 0 Å². The van der Waals surface area contributed by atoms with Gasteiger partial charge in [-0.15, -0.1) is 0 Å². The van der Waals surface area contributed by atoms with E-state index >= 15 is 0 Å². The molecule has 0 saturated heterocycles. The minimum Gasteiger partial charge on any atom is -0.317 e. The fourth-order valence-electron chi connectivity index (χ4n) is 1.57. The molecule has 0 rings (SSSR count). The lowest BCUT2D eigenvalue weighted by atomic mass is 10.4. The zero-order valence-electron chi connectivity index (χ0n) is 11.8. The molecular weight excluding hydrogens is 200 g/mol. The maximum atomic E-state index is 3.35. The van der Waals surface area contributed by atoms with Crippen molar-refractivity contribution in [3.63, 3.8) is 0 Å². The van der Waals surface area contributed by atoms with E-state index < -0.39 is 0 Å². The number of rotatable bonds is 10. The lowest BCUT2D eigenvalue weighted by Crippen LogP contribution is -2.39. The quantitative estimate of drug-likeness (QED) is 0.441. The molecule has 0 heterocycles. The molecule has 0 amide bonds. The van der Waals surface area contributed by atoms with Crippen LogP contribution in [0.3, 0.4) is 0 Å². The summed E-state index contributed by atoms with van der Waals surface area (Å²) in [5, 5.41) is 7.98. The van der Waals surface area contributed by atoms with Gasteiger partial charge in [-0.2, -0.15) is 0 Å². The Kier molecular flexibility index (Phi) is 9.92. The second kappa shape index (κ2) is 10.0. The molecular formula is C12H30N4. The summed E-state index contributed by atoms with van der Waals surface area (Å²) in [6, 6.07) is 0. The molecule has 0 aromatic rings. The van der Waals surface area contributed by atoms with E-state index in [1.165, 1.54) is 12.8 Å². The van der Waals surface area contributed by atoms with Crippen molar-refractivity contribution in [3.8, 4) is 0 Å². The summed E-state index contributed by atoms with van der Waals surface area (Å²) in [6.45, 7) is 7.77. The summed E-state index contributed by atoms with van der Waals surface area (Å²) in [6.07, 6.45) is 2.43. The van der Waals surface area contributed by atoms with Crippen LogP contribution in [0.15, 0.2) is 0 Å². The number of nitrogens with zero attached hydrogens (tertiary/aromatic N) is 3. The molecule has 0 aromatic heterocycles. The van der Waals surface area contributed by atoms with Gasteiger partial charge in [0, 0.05) is 27.2 Å². The van der Waals surface area contributed by atoms with Crippen LogP contribution in [0.4, 0.5) is 0 Å². The van der Waals surface area contributed by atoms with E-state index in [0.29, 0.717) is 0 Å². The molecule has 1 N–H and O–H groups in total. The predicted molar refractivity (Wildman–Crippen MR) is 71.6 cm³/mol. The normalized spacial score (nSPS) is 12.0. The molecule has 16 heavy (non-hydrogen) atoms. The molecule has 0 bridgehead atoms. The third-order valence-electron chi connectivity index (χ3n) is 2.76. The zero-order valence-corrected chi connectivity index (χ0v) is 11.8. The van der Waals surface area contributed by atoms with Crippen LogP contribution in [0.5, 0.6) is 0 Å². The van der Waals surface area contributed by atoms with Gasteiger partial charge in [-0.05, 0) is 46.6 Å². The lowest BCUT2D eigenvalue weighted by Gasteiger charge is -2.28. The van der Waals surface area contributed by atoms with Gasteiger partial charge in [0.2, 0.25) is 0 Å². The molecule has 98 valence electrons. The highest BCUT2D eigenvalue weighted by Crippen LogP contribution is 1.95. The topological polar surface area (TPSA) is 21.8 Å². The van der Waals surface area contributed by atoms with Gasteiger partial charge in [0.05, 0.1) is 0 Å². The Hall–Kier alpha value is -0.160. The van der Waals surface area contributed by atoms with Crippen molar-refractivity contribution in [3.05, 3.63) is 0 Å². The average Bonchev–Trinajstić information content (AvgIpc) is 2.23. The third kappa shape index (κ3) is 9.09. The average molecular weight is 230 g/mol. The molecule has 4 heteroatoms. The number of hydrogen-bond donors (Lipinski definition) is 1. The molecule has 0 aliphatic heterocycles. The van der Waals surface area contributed by atoms with Crippen molar-refractivity contribution in [1.82, 2.24) is 20.2 Å². The molecule has 0 radical (unpaired) electrons. The summed E-state index contributed by atoms with van der Waals surface area (Å²) < 4.78 is 0. The van der Waals surface area contributed by atoms with Crippen molar-refractivity contribution in [1.29, 1.82) is 0 Å². The summed E-state index contributed by atoms with van der Waals surface area (Å²) in [7, 11) is 8.59. The lowest BCUT2D eigenvalue weighted by molar-refractivity contribution is 0.0239.